The van der Waals surface area contributed by atoms with Gasteiger partial charge in [0.25, 0.3) is 5.91 Å². The number of benzene rings is 2. The molecule has 7 nitrogen and oxygen atoms in total. The van der Waals surface area contributed by atoms with E-state index in [4.69, 9.17) is 0 Å². The molecule has 0 unspecified atom stereocenters. The first-order valence-electron chi connectivity index (χ1n) is 8.96. The Kier molecular flexibility index (Phi) is 5.17. The van der Waals surface area contributed by atoms with Gasteiger partial charge in [0.05, 0.1) is 12.8 Å². The van der Waals surface area contributed by atoms with Gasteiger partial charge in [-0.25, -0.2) is 13.9 Å². The first-order valence-corrected chi connectivity index (χ1v) is 8.96. The van der Waals surface area contributed by atoms with E-state index in [-0.39, 0.29) is 24.0 Å². The molecule has 29 heavy (non-hydrogen) atoms. The molecule has 4 aromatic rings. The minimum Gasteiger partial charge on any atom is -0.392 e. The number of carbonyl (C=O) groups excluding carboxylic acids is 1. The number of hydrogen-bond donors (Lipinski definition) is 3. The zero-order valence-corrected chi connectivity index (χ0v) is 15.3. The molecule has 0 saturated carbocycles. The lowest BCUT2D eigenvalue weighted by molar-refractivity contribution is 0.102. The van der Waals surface area contributed by atoms with Crippen LogP contribution in [0.2, 0.25) is 0 Å². The summed E-state index contributed by atoms with van der Waals surface area (Å²) in [6, 6.07) is 16.7. The summed E-state index contributed by atoms with van der Waals surface area (Å²) < 4.78 is 14.5. The van der Waals surface area contributed by atoms with Crippen LogP contribution >= 0.6 is 0 Å². The highest BCUT2D eigenvalue weighted by Crippen LogP contribution is 2.15. The van der Waals surface area contributed by atoms with Gasteiger partial charge in [-0.3, -0.25) is 4.79 Å². The molecule has 4 rings (SSSR count). The largest absolute Gasteiger partial charge is 0.392 e. The second-order valence-corrected chi connectivity index (χ2v) is 6.42. The van der Waals surface area contributed by atoms with E-state index in [0.29, 0.717) is 29.3 Å². The SMILES string of the molecule is O=C(Nc1cccc(CO)c1)c1cnc2ccc(NCc3ccc(F)cc3)nn12. The number of fused-ring (bicyclic) bond motifs is 1. The average molecular weight is 391 g/mol. The molecule has 0 atom stereocenters. The van der Waals surface area contributed by atoms with E-state index in [1.807, 2.05) is 0 Å². The highest BCUT2D eigenvalue weighted by molar-refractivity contribution is 6.03. The van der Waals surface area contributed by atoms with E-state index >= 15 is 0 Å². The summed E-state index contributed by atoms with van der Waals surface area (Å²) in [5.41, 5.74) is 2.99. The normalized spacial score (nSPS) is 10.8. The number of imidazole rings is 1. The van der Waals surface area contributed by atoms with Gasteiger partial charge in [-0.05, 0) is 47.5 Å². The number of hydrogen-bond acceptors (Lipinski definition) is 5. The van der Waals surface area contributed by atoms with Gasteiger partial charge in [-0.15, -0.1) is 5.10 Å². The zero-order valence-electron chi connectivity index (χ0n) is 15.3. The molecule has 0 saturated heterocycles. The van der Waals surface area contributed by atoms with Crippen molar-refractivity contribution in [1.82, 2.24) is 14.6 Å². The number of halogens is 1. The van der Waals surface area contributed by atoms with Crippen molar-refractivity contribution in [2.75, 3.05) is 10.6 Å². The molecule has 2 aromatic heterocycles. The fourth-order valence-corrected chi connectivity index (χ4v) is 2.86. The lowest BCUT2D eigenvalue weighted by Crippen LogP contribution is -2.16. The summed E-state index contributed by atoms with van der Waals surface area (Å²) in [6.45, 7) is 0.354. The van der Waals surface area contributed by atoms with Gasteiger partial charge < -0.3 is 15.7 Å². The first kappa shape index (κ1) is 18.6. The van der Waals surface area contributed by atoms with Crippen LogP contribution < -0.4 is 10.6 Å². The molecule has 8 heteroatoms. The van der Waals surface area contributed by atoms with Gasteiger partial charge in [0, 0.05) is 12.2 Å². The minimum atomic E-state index is -0.365. The summed E-state index contributed by atoms with van der Waals surface area (Å²) >= 11 is 0. The number of aliphatic hydroxyl groups excluding tert-OH is 1. The third-order valence-corrected chi connectivity index (χ3v) is 4.35. The number of aliphatic hydroxyl groups is 1. The Hall–Kier alpha value is -3.78. The molecular formula is C21H18FN5O2. The van der Waals surface area contributed by atoms with Crippen LogP contribution in [0.4, 0.5) is 15.9 Å². The monoisotopic (exact) mass is 391 g/mol. The molecular weight excluding hydrogens is 373 g/mol. The molecule has 2 aromatic carbocycles. The lowest BCUT2D eigenvalue weighted by atomic mass is 10.2. The summed E-state index contributed by atoms with van der Waals surface area (Å²) in [6.07, 6.45) is 1.46. The number of nitrogens with zero attached hydrogens (tertiary/aromatic N) is 3. The minimum absolute atomic E-state index is 0.107. The quantitative estimate of drug-likeness (QED) is 0.469. The Morgan fingerprint density at radius 3 is 2.69 bits per heavy atom. The van der Waals surface area contributed by atoms with E-state index < -0.39 is 0 Å². The van der Waals surface area contributed by atoms with Gasteiger partial charge in [0.15, 0.2) is 11.3 Å². The molecule has 2 heterocycles. The third-order valence-electron chi connectivity index (χ3n) is 4.35. The zero-order chi connectivity index (χ0) is 20.2. The standard InChI is InChI=1S/C21H18FN5O2/c22-16-6-4-14(5-7-16)11-23-19-8-9-20-24-12-18(27(20)26-19)21(29)25-17-3-1-2-15(10-17)13-28/h1-10,12,28H,11,13H2,(H,23,26)(H,25,29). The fourth-order valence-electron chi connectivity index (χ4n) is 2.86. The topological polar surface area (TPSA) is 91.5 Å². The van der Waals surface area contributed by atoms with Crippen molar-refractivity contribution in [3.63, 3.8) is 0 Å². The van der Waals surface area contributed by atoms with Gasteiger partial charge in [0.2, 0.25) is 0 Å². The van der Waals surface area contributed by atoms with E-state index in [9.17, 15) is 14.3 Å². The summed E-state index contributed by atoms with van der Waals surface area (Å²) in [5, 5.41) is 19.6. The molecule has 0 aliphatic rings. The van der Waals surface area contributed by atoms with Gasteiger partial charge in [0.1, 0.15) is 11.6 Å². The third kappa shape index (κ3) is 4.22. The number of nitrogens with one attached hydrogen (secondary N) is 2. The average Bonchev–Trinajstić information content (AvgIpc) is 3.17. The fraction of sp³-hybridized carbons (Fsp3) is 0.0952. The van der Waals surface area contributed by atoms with Crippen molar-refractivity contribution in [2.24, 2.45) is 0 Å². The lowest BCUT2D eigenvalue weighted by Gasteiger charge is -2.08. The van der Waals surface area contributed by atoms with Crippen LogP contribution in [0.5, 0.6) is 0 Å². The number of aromatic nitrogens is 3. The van der Waals surface area contributed by atoms with E-state index in [1.165, 1.54) is 22.8 Å². The Morgan fingerprint density at radius 2 is 1.90 bits per heavy atom. The second kappa shape index (κ2) is 8.07. The Labute approximate surface area is 165 Å². The predicted molar refractivity (Wildman–Crippen MR) is 107 cm³/mol. The maximum Gasteiger partial charge on any atom is 0.276 e. The van der Waals surface area contributed by atoms with Gasteiger partial charge >= 0.3 is 0 Å². The summed E-state index contributed by atoms with van der Waals surface area (Å²) in [5.74, 6) is -0.0983. The van der Waals surface area contributed by atoms with Crippen molar-refractivity contribution in [3.8, 4) is 0 Å². The summed E-state index contributed by atoms with van der Waals surface area (Å²) in [7, 11) is 0. The Balaban J connectivity index is 1.53. The van der Waals surface area contributed by atoms with Crippen LogP contribution in [0, 0.1) is 5.82 Å². The van der Waals surface area contributed by atoms with Crippen molar-refractivity contribution >= 4 is 23.1 Å². The van der Waals surface area contributed by atoms with Crippen LogP contribution in [0.3, 0.4) is 0 Å². The highest BCUT2D eigenvalue weighted by atomic mass is 19.1. The molecule has 0 bridgehead atoms. The first-order chi connectivity index (χ1) is 14.1. The van der Waals surface area contributed by atoms with Crippen LogP contribution in [-0.2, 0) is 13.2 Å². The number of amides is 1. The molecule has 0 aliphatic heterocycles. The van der Waals surface area contributed by atoms with Crippen LogP contribution in [0.25, 0.3) is 5.65 Å². The maximum absolute atomic E-state index is 13.0. The second-order valence-electron chi connectivity index (χ2n) is 6.42. The molecule has 0 fully saturated rings. The molecule has 3 N–H and O–H groups in total. The van der Waals surface area contributed by atoms with Gasteiger partial charge in [-0.1, -0.05) is 24.3 Å². The Morgan fingerprint density at radius 1 is 1.07 bits per heavy atom. The van der Waals surface area contributed by atoms with E-state index in [1.54, 1.807) is 48.5 Å². The van der Waals surface area contributed by atoms with Crippen molar-refractivity contribution in [3.05, 3.63) is 89.5 Å². The number of rotatable bonds is 6. The maximum atomic E-state index is 13.0. The smallest absolute Gasteiger partial charge is 0.276 e. The number of anilines is 2. The van der Waals surface area contributed by atoms with Crippen LogP contribution in [0.1, 0.15) is 21.6 Å². The molecule has 146 valence electrons. The summed E-state index contributed by atoms with van der Waals surface area (Å²) in [4.78, 5) is 16.9. The predicted octanol–water partition coefficient (Wildman–Crippen LogP) is 3.23. The Bertz CT molecular complexity index is 1160. The van der Waals surface area contributed by atoms with Crippen LogP contribution in [0.15, 0.2) is 66.9 Å². The number of carbonyl (C=O) groups is 1. The molecule has 0 aliphatic carbocycles. The van der Waals surface area contributed by atoms with Crippen LogP contribution in [-0.4, -0.2) is 25.6 Å². The molecule has 0 radical (unpaired) electrons. The highest BCUT2D eigenvalue weighted by Gasteiger charge is 2.14. The molecule has 0 spiro atoms. The van der Waals surface area contributed by atoms with Crippen molar-refractivity contribution in [2.45, 2.75) is 13.2 Å². The molecule has 1 amide bonds. The van der Waals surface area contributed by atoms with E-state index in [0.717, 1.165) is 5.56 Å². The van der Waals surface area contributed by atoms with Gasteiger partial charge in [-0.2, -0.15) is 0 Å². The van der Waals surface area contributed by atoms with Crippen molar-refractivity contribution in [1.29, 1.82) is 0 Å². The van der Waals surface area contributed by atoms with Crippen molar-refractivity contribution < 1.29 is 14.3 Å². The van der Waals surface area contributed by atoms with E-state index in [2.05, 4.69) is 20.7 Å².